The Balaban J connectivity index is 1.90. The maximum Gasteiger partial charge on any atom is 0.255 e. The molecule has 0 bridgehead atoms. The average molecular weight is 249 g/mol. The minimum Gasteiger partial charge on any atom is -0.505 e. The van der Waals surface area contributed by atoms with E-state index in [1.54, 1.807) is 0 Å². The van der Waals surface area contributed by atoms with Crippen LogP contribution in [0.1, 0.15) is 36.0 Å². The summed E-state index contributed by atoms with van der Waals surface area (Å²) in [4.78, 5) is 15.6. The van der Waals surface area contributed by atoms with Gasteiger partial charge in [0.05, 0.1) is 11.8 Å². The fourth-order valence-corrected chi connectivity index (χ4v) is 2.39. The molecule has 2 atom stereocenters. The lowest BCUT2D eigenvalue weighted by atomic mass is 9.85. The Morgan fingerprint density at radius 2 is 2.28 bits per heavy atom. The first-order valence-corrected chi connectivity index (χ1v) is 6.35. The number of pyridine rings is 1. The fourth-order valence-electron chi connectivity index (χ4n) is 2.39. The monoisotopic (exact) mass is 249 g/mol. The zero-order valence-corrected chi connectivity index (χ0v) is 10.3. The number of aromatic nitrogens is 1. The molecule has 1 fully saturated rings. The molecule has 4 N–H and O–H groups in total. The number of carbonyl (C=O) groups is 1. The molecule has 1 aliphatic carbocycles. The zero-order valence-electron chi connectivity index (χ0n) is 10.3. The first-order valence-electron chi connectivity index (χ1n) is 6.35. The van der Waals surface area contributed by atoms with Crippen LogP contribution in [0.2, 0.25) is 0 Å². The maximum absolute atomic E-state index is 11.9. The number of hydrogen-bond acceptors (Lipinski definition) is 4. The van der Waals surface area contributed by atoms with Gasteiger partial charge < -0.3 is 16.2 Å². The molecule has 2 rings (SSSR count). The number of amides is 1. The average Bonchev–Trinajstić information content (AvgIpc) is 2.38. The van der Waals surface area contributed by atoms with Crippen molar-refractivity contribution in [2.75, 3.05) is 6.54 Å². The number of rotatable bonds is 3. The smallest absolute Gasteiger partial charge is 0.255 e. The summed E-state index contributed by atoms with van der Waals surface area (Å²) in [6, 6.07) is 1.68. The van der Waals surface area contributed by atoms with Crippen LogP contribution in [-0.4, -0.2) is 28.6 Å². The molecule has 18 heavy (non-hydrogen) atoms. The quantitative estimate of drug-likeness (QED) is 0.746. The number of nitrogens with one attached hydrogen (secondary N) is 1. The van der Waals surface area contributed by atoms with Crippen LogP contribution < -0.4 is 11.1 Å². The van der Waals surface area contributed by atoms with Gasteiger partial charge >= 0.3 is 0 Å². The standard InChI is InChI=1S/C13H19N3O2/c14-11-4-2-1-3-9(11)7-16-13(18)10-5-6-15-8-12(10)17/h5-6,8-9,11,17H,1-4,7,14H2,(H,16,18). The molecule has 1 heterocycles. The Morgan fingerprint density at radius 3 is 3.00 bits per heavy atom. The van der Waals surface area contributed by atoms with Crippen LogP contribution in [0.25, 0.3) is 0 Å². The summed E-state index contributed by atoms with van der Waals surface area (Å²) in [6.07, 6.45) is 7.19. The molecule has 0 spiro atoms. The Hall–Kier alpha value is -1.62. The van der Waals surface area contributed by atoms with Crippen molar-refractivity contribution in [1.82, 2.24) is 10.3 Å². The Labute approximate surface area is 106 Å². The molecule has 1 saturated carbocycles. The van der Waals surface area contributed by atoms with Crippen molar-refractivity contribution in [3.05, 3.63) is 24.0 Å². The van der Waals surface area contributed by atoms with Crippen molar-refractivity contribution in [3.8, 4) is 5.75 Å². The molecular formula is C13H19N3O2. The van der Waals surface area contributed by atoms with Crippen LogP contribution in [0.5, 0.6) is 5.75 Å². The van der Waals surface area contributed by atoms with Crippen LogP contribution in [0.4, 0.5) is 0 Å². The minimum atomic E-state index is -0.271. The Morgan fingerprint density at radius 1 is 1.50 bits per heavy atom. The van der Waals surface area contributed by atoms with Crippen LogP contribution in [-0.2, 0) is 0 Å². The number of nitrogens with zero attached hydrogens (tertiary/aromatic N) is 1. The second-order valence-electron chi connectivity index (χ2n) is 4.81. The van der Waals surface area contributed by atoms with Crippen molar-refractivity contribution in [3.63, 3.8) is 0 Å². The normalized spacial score (nSPS) is 23.6. The number of nitrogens with two attached hydrogens (primary N) is 1. The van der Waals surface area contributed by atoms with E-state index in [-0.39, 0.29) is 23.3 Å². The second-order valence-corrected chi connectivity index (χ2v) is 4.81. The van der Waals surface area contributed by atoms with E-state index in [1.807, 2.05) is 0 Å². The van der Waals surface area contributed by atoms with Gasteiger partial charge in [-0.05, 0) is 24.8 Å². The molecule has 5 nitrogen and oxygen atoms in total. The molecule has 1 aromatic heterocycles. The highest BCUT2D eigenvalue weighted by Crippen LogP contribution is 2.22. The molecule has 1 aliphatic rings. The minimum absolute atomic E-state index is 0.0945. The number of carbonyl (C=O) groups excluding carboxylic acids is 1. The van der Waals surface area contributed by atoms with E-state index in [2.05, 4.69) is 10.3 Å². The first kappa shape index (κ1) is 12.8. The van der Waals surface area contributed by atoms with Crippen LogP contribution in [0.15, 0.2) is 18.5 Å². The van der Waals surface area contributed by atoms with E-state index < -0.39 is 0 Å². The molecule has 5 heteroatoms. The summed E-state index contributed by atoms with van der Waals surface area (Å²) in [5.41, 5.74) is 6.28. The third-order valence-corrected chi connectivity index (χ3v) is 3.54. The molecule has 98 valence electrons. The van der Waals surface area contributed by atoms with Crippen molar-refractivity contribution in [1.29, 1.82) is 0 Å². The third-order valence-electron chi connectivity index (χ3n) is 3.54. The van der Waals surface area contributed by atoms with E-state index in [0.717, 1.165) is 12.8 Å². The van der Waals surface area contributed by atoms with Gasteiger partial charge in [0.25, 0.3) is 5.91 Å². The van der Waals surface area contributed by atoms with Crippen molar-refractivity contribution < 1.29 is 9.90 Å². The van der Waals surface area contributed by atoms with Gasteiger partial charge in [0.2, 0.25) is 0 Å². The fraction of sp³-hybridized carbons (Fsp3) is 0.538. The molecule has 0 aromatic carbocycles. The summed E-state index contributed by atoms with van der Waals surface area (Å²) in [5.74, 6) is -0.0257. The topological polar surface area (TPSA) is 88.2 Å². The van der Waals surface area contributed by atoms with Gasteiger partial charge in [0.15, 0.2) is 0 Å². The summed E-state index contributed by atoms with van der Waals surface area (Å²) in [7, 11) is 0. The first-order chi connectivity index (χ1) is 8.68. The van der Waals surface area contributed by atoms with Gasteiger partial charge in [-0.2, -0.15) is 0 Å². The van der Waals surface area contributed by atoms with Crippen LogP contribution >= 0.6 is 0 Å². The molecule has 2 unspecified atom stereocenters. The lowest BCUT2D eigenvalue weighted by Gasteiger charge is -2.28. The van der Waals surface area contributed by atoms with Gasteiger partial charge in [0, 0.05) is 18.8 Å². The number of aromatic hydroxyl groups is 1. The lowest BCUT2D eigenvalue weighted by molar-refractivity contribution is 0.0938. The predicted octanol–water partition coefficient (Wildman–Crippen LogP) is 1.03. The summed E-state index contributed by atoms with van der Waals surface area (Å²) in [6.45, 7) is 0.571. The van der Waals surface area contributed by atoms with Crippen LogP contribution in [0.3, 0.4) is 0 Å². The van der Waals surface area contributed by atoms with Crippen molar-refractivity contribution in [2.24, 2.45) is 11.7 Å². The largest absolute Gasteiger partial charge is 0.505 e. The highest BCUT2D eigenvalue weighted by Gasteiger charge is 2.22. The molecular weight excluding hydrogens is 230 g/mol. The summed E-state index contributed by atoms with van der Waals surface area (Å²) >= 11 is 0. The third kappa shape index (κ3) is 2.98. The molecule has 1 aromatic rings. The van der Waals surface area contributed by atoms with Gasteiger partial charge in [0.1, 0.15) is 5.75 Å². The Kier molecular flexibility index (Phi) is 4.15. The second kappa shape index (κ2) is 5.82. The molecule has 1 amide bonds. The SMILES string of the molecule is NC1CCCCC1CNC(=O)c1ccncc1O. The van der Waals surface area contributed by atoms with E-state index in [0.29, 0.717) is 12.5 Å². The highest BCUT2D eigenvalue weighted by molar-refractivity contribution is 5.96. The van der Waals surface area contributed by atoms with Crippen molar-refractivity contribution in [2.45, 2.75) is 31.7 Å². The summed E-state index contributed by atoms with van der Waals surface area (Å²) in [5, 5.41) is 12.4. The summed E-state index contributed by atoms with van der Waals surface area (Å²) < 4.78 is 0. The predicted molar refractivity (Wildman–Crippen MR) is 68.2 cm³/mol. The van der Waals surface area contributed by atoms with E-state index in [4.69, 9.17) is 5.73 Å². The number of hydrogen-bond donors (Lipinski definition) is 3. The van der Waals surface area contributed by atoms with Gasteiger partial charge in [-0.25, -0.2) is 0 Å². The molecule has 0 aliphatic heterocycles. The van der Waals surface area contributed by atoms with E-state index in [1.165, 1.54) is 31.3 Å². The van der Waals surface area contributed by atoms with Gasteiger partial charge in [-0.1, -0.05) is 12.8 Å². The maximum atomic E-state index is 11.9. The lowest BCUT2D eigenvalue weighted by Crippen LogP contribution is -2.41. The van der Waals surface area contributed by atoms with E-state index in [9.17, 15) is 9.90 Å². The van der Waals surface area contributed by atoms with Crippen molar-refractivity contribution >= 4 is 5.91 Å². The van der Waals surface area contributed by atoms with E-state index >= 15 is 0 Å². The van der Waals surface area contributed by atoms with Crippen LogP contribution in [0, 0.1) is 5.92 Å². The Bertz CT molecular complexity index is 422. The highest BCUT2D eigenvalue weighted by atomic mass is 16.3. The van der Waals surface area contributed by atoms with Gasteiger partial charge in [-0.3, -0.25) is 9.78 Å². The zero-order chi connectivity index (χ0) is 13.0. The molecule has 0 saturated heterocycles. The van der Waals surface area contributed by atoms with Gasteiger partial charge in [-0.15, -0.1) is 0 Å². The molecule has 0 radical (unpaired) electrons.